The summed E-state index contributed by atoms with van der Waals surface area (Å²) in [7, 11) is 0. The summed E-state index contributed by atoms with van der Waals surface area (Å²) in [4.78, 5) is 0. The number of nitrogens with one attached hydrogen (secondary N) is 1. The molecular weight excluding hydrogens is 258 g/mol. The van der Waals surface area contributed by atoms with Crippen molar-refractivity contribution in [3.8, 4) is 5.75 Å². The van der Waals surface area contributed by atoms with Gasteiger partial charge in [0.25, 0.3) is 0 Å². The monoisotopic (exact) mass is 283 g/mol. The summed E-state index contributed by atoms with van der Waals surface area (Å²) in [6.45, 7) is 7.45. The van der Waals surface area contributed by atoms with Gasteiger partial charge in [0.2, 0.25) is 0 Å². The normalized spacial score (nSPS) is 12.3. The lowest BCUT2D eigenvalue weighted by molar-refractivity contribution is 0.474. The first-order chi connectivity index (χ1) is 10.0. The van der Waals surface area contributed by atoms with Crippen molar-refractivity contribution < 1.29 is 5.11 Å². The highest BCUT2D eigenvalue weighted by atomic mass is 16.3. The summed E-state index contributed by atoms with van der Waals surface area (Å²) in [5, 5.41) is 12.9. The van der Waals surface area contributed by atoms with Gasteiger partial charge in [-0.3, -0.25) is 0 Å². The van der Waals surface area contributed by atoms with Gasteiger partial charge >= 0.3 is 0 Å². The third-order valence-electron chi connectivity index (χ3n) is 3.94. The third-order valence-corrected chi connectivity index (χ3v) is 3.94. The Balaban J connectivity index is 1.79. The van der Waals surface area contributed by atoms with Crippen LogP contribution >= 0.6 is 0 Å². The molecule has 0 heterocycles. The molecule has 1 unspecified atom stereocenters. The topological polar surface area (TPSA) is 32.3 Å². The Morgan fingerprint density at radius 3 is 2.43 bits per heavy atom. The highest BCUT2D eigenvalue weighted by molar-refractivity contribution is 5.30. The molecule has 2 rings (SSSR count). The van der Waals surface area contributed by atoms with Crippen LogP contribution in [0.1, 0.15) is 35.6 Å². The molecule has 0 bridgehead atoms. The van der Waals surface area contributed by atoms with Crippen molar-refractivity contribution in [1.82, 2.24) is 5.32 Å². The first kappa shape index (κ1) is 15.6. The lowest BCUT2D eigenvalue weighted by Gasteiger charge is -2.15. The fourth-order valence-electron chi connectivity index (χ4n) is 2.48. The zero-order valence-corrected chi connectivity index (χ0v) is 13.2. The maximum atomic E-state index is 9.28. The molecule has 0 aromatic heterocycles. The number of hydrogen-bond donors (Lipinski definition) is 2. The molecule has 112 valence electrons. The van der Waals surface area contributed by atoms with Crippen LogP contribution in [0, 0.1) is 13.8 Å². The largest absolute Gasteiger partial charge is 0.508 e. The minimum absolute atomic E-state index is 0.333. The van der Waals surface area contributed by atoms with Gasteiger partial charge in [-0.15, -0.1) is 0 Å². The molecule has 0 aliphatic carbocycles. The zero-order chi connectivity index (χ0) is 15.2. The first-order valence-corrected chi connectivity index (χ1v) is 7.62. The molecular formula is C19H25NO. The van der Waals surface area contributed by atoms with Crippen LogP contribution < -0.4 is 5.32 Å². The van der Waals surface area contributed by atoms with E-state index in [1.54, 1.807) is 12.1 Å². The quantitative estimate of drug-likeness (QED) is 0.836. The Morgan fingerprint density at radius 1 is 1.05 bits per heavy atom. The van der Waals surface area contributed by atoms with Gasteiger partial charge in [0.15, 0.2) is 0 Å². The van der Waals surface area contributed by atoms with Crippen molar-refractivity contribution in [2.24, 2.45) is 0 Å². The van der Waals surface area contributed by atoms with Crippen molar-refractivity contribution in [2.45, 2.75) is 46.2 Å². The van der Waals surface area contributed by atoms with Gasteiger partial charge < -0.3 is 10.4 Å². The number of phenols is 1. The maximum absolute atomic E-state index is 9.28. The van der Waals surface area contributed by atoms with Gasteiger partial charge in [-0.1, -0.05) is 35.9 Å². The predicted octanol–water partition coefficient (Wildman–Crippen LogP) is 4.12. The van der Waals surface area contributed by atoms with E-state index < -0.39 is 0 Å². The van der Waals surface area contributed by atoms with Crippen molar-refractivity contribution >= 4 is 0 Å². The van der Waals surface area contributed by atoms with Crippen LogP contribution in [0.3, 0.4) is 0 Å². The molecule has 2 aromatic rings. The van der Waals surface area contributed by atoms with Gasteiger partial charge in [-0.25, -0.2) is 0 Å². The van der Waals surface area contributed by atoms with Crippen molar-refractivity contribution in [1.29, 1.82) is 0 Å². The Kier molecular flexibility index (Phi) is 5.40. The second-order valence-corrected chi connectivity index (χ2v) is 5.92. The zero-order valence-electron chi connectivity index (χ0n) is 13.2. The predicted molar refractivity (Wildman–Crippen MR) is 88.6 cm³/mol. The molecule has 0 radical (unpaired) electrons. The second kappa shape index (κ2) is 7.28. The van der Waals surface area contributed by atoms with E-state index >= 15 is 0 Å². The Morgan fingerprint density at radius 2 is 1.76 bits per heavy atom. The van der Waals surface area contributed by atoms with Gasteiger partial charge in [-0.2, -0.15) is 0 Å². The van der Waals surface area contributed by atoms with Crippen molar-refractivity contribution in [2.75, 3.05) is 0 Å². The van der Waals surface area contributed by atoms with Gasteiger partial charge in [0.05, 0.1) is 0 Å². The van der Waals surface area contributed by atoms with Crippen LogP contribution in [-0.4, -0.2) is 11.1 Å². The maximum Gasteiger partial charge on any atom is 0.115 e. The fraction of sp³-hybridized carbons (Fsp3) is 0.368. The van der Waals surface area contributed by atoms with Crippen LogP contribution in [0.25, 0.3) is 0 Å². The molecule has 0 amide bonds. The Hall–Kier alpha value is -1.80. The minimum atomic E-state index is 0.333. The molecule has 1 atom stereocenters. The molecule has 0 saturated heterocycles. The number of aromatic hydroxyl groups is 1. The molecule has 0 spiro atoms. The molecule has 2 aromatic carbocycles. The fourth-order valence-corrected chi connectivity index (χ4v) is 2.48. The van der Waals surface area contributed by atoms with Crippen LogP contribution in [0.15, 0.2) is 42.5 Å². The molecule has 21 heavy (non-hydrogen) atoms. The average Bonchev–Trinajstić information content (AvgIpc) is 2.46. The summed E-state index contributed by atoms with van der Waals surface area (Å²) < 4.78 is 0. The van der Waals surface area contributed by atoms with E-state index in [0.717, 1.165) is 19.4 Å². The molecule has 0 saturated carbocycles. The lowest BCUT2D eigenvalue weighted by Crippen LogP contribution is -2.26. The van der Waals surface area contributed by atoms with Gasteiger partial charge in [0, 0.05) is 12.6 Å². The molecule has 2 N–H and O–H groups in total. The smallest absolute Gasteiger partial charge is 0.115 e. The van der Waals surface area contributed by atoms with Gasteiger partial charge in [0.1, 0.15) is 5.75 Å². The number of aryl methyl sites for hydroxylation is 3. The van der Waals surface area contributed by atoms with E-state index in [0.29, 0.717) is 11.8 Å². The van der Waals surface area contributed by atoms with E-state index in [4.69, 9.17) is 0 Å². The third kappa shape index (κ3) is 4.91. The number of benzene rings is 2. The molecule has 2 nitrogen and oxygen atoms in total. The summed E-state index contributed by atoms with van der Waals surface area (Å²) >= 11 is 0. The van der Waals surface area contributed by atoms with Gasteiger partial charge in [-0.05, 0) is 62.4 Å². The summed E-state index contributed by atoms with van der Waals surface area (Å²) in [5.41, 5.74) is 5.31. The van der Waals surface area contributed by atoms with E-state index in [1.807, 2.05) is 12.1 Å². The first-order valence-electron chi connectivity index (χ1n) is 7.62. The van der Waals surface area contributed by atoms with E-state index in [1.165, 1.54) is 22.3 Å². The Labute approximate surface area is 127 Å². The van der Waals surface area contributed by atoms with E-state index in [-0.39, 0.29) is 0 Å². The number of phenolic OH excluding ortho intramolecular Hbond substituents is 1. The molecule has 0 fully saturated rings. The number of hydrogen-bond acceptors (Lipinski definition) is 2. The van der Waals surface area contributed by atoms with Crippen LogP contribution in [0.5, 0.6) is 5.75 Å². The standard InChI is InChI=1S/C19H25NO/c1-14-4-9-18(15(2)12-14)13-20-16(3)5-6-17-7-10-19(21)11-8-17/h4,7-12,16,20-21H,5-6,13H2,1-3H3. The van der Waals surface area contributed by atoms with Crippen molar-refractivity contribution in [3.63, 3.8) is 0 Å². The summed E-state index contributed by atoms with van der Waals surface area (Å²) in [6, 6.07) is 14.6. The highest BCUT2D eigenvalue weighted by Crippen LogP contribution is 2.13. The van der Waals surface area contributed by atoms with Crippen LogP contribution in [0.2, 0.25) is 0 Å². The highest BCUT2D eigenvalue weighted by Gasteiger charge is 2.04. The minimum Gasteiger partial charge on any atom is -0.508 e. The summed E-state index contributed by atoms with van der Waals surface area (Å²) in [6.07, 6.45) is 2.12. The van der Waals surface area contributed by atoms with Crippen molar-refractivity contribution in [3.05, 3.63) is 64.7 Å². The molecule has 2 heteroatoms. The summed E-state index contributed by atoms with van der Waals surface area (Å²) in [5.74, 6) is 0.333. The number of rotatable bonds is 6. The second-order valence-electron chi connectivity index (χ2n) is 5.92. The van der Waals surface area contributed by atoms with E-state index in [9.17, 15) is 5.11 Å². The molecule has 0 aliphatic rings. The molecule has 0 aliphatic heterocycles. The Bertz CT molecular complexity index is 575. The van der Waals surface area contributed by atoms with E-state index in [2.05, 4.69) is 44.3 Å². The SMILES string of the molecule is Cc1ccc(CNC(C)CCc2ccc(O)cc2)c(C)c1. The van der Waals surface area contributed by atoms with Crippen LogP contribution in [-0.2, 0) is 13.0 Å². The van der Waals surface area contributed by atoms with Crippen LogP contribution in [0.4, 0.5) is 0 Å². The lowest BCUT2D eigenvalue weighted by atomic mass is 10.0. The average molecular weight is 283 g/mol.